The second-order valence-electron chi connectivity index (χ2n) is 10.7. The molecule has 9 unspecified atom stereocenters. The number of esters is 1. The Morgan fingerprint density at radius 1 is 0.889 bits per heavy atom. The minimum atomic E-state index is -3.80. The van der Waals surface area contributed by atoms with Crippen molar-refractivity contribution in [2.75, 3.05) is 13.8 Å². The smallest absolute Gasteiger partial charge is 0.377 e. The Labute approximate surface area is 202 Å². The van der Waals surface area contributed by atoms with E-state index in [1.54, 1.807) is 0 Å². The fourth-order valence-corrected chi connectivity index (χ4v) is 6.95. The molecular weight excluding hydrogens is 514 g/mol. The molecule has 4 saturated carbocycles. The van der Waals surface area contributed by atoms with Gasteiger partial charge in [-0.05, 0) is 56.8 Å². The van der Waals surface area contributed by atoms with E-state index in [-0.39, 0.29) is 38.0 Å². The lowest BCUT2D eigenvalue weighted by molar-refractivity contribution is -0.299. The van der Waals surface area contributed by atoms with Crippen molar-refractivity contribution >= 4 is 5.97 Å². The molecule has 4 aliphatic carbocycles. The summed E-state index contributed by atoms with van der Waals surface area (Å²) >= 11 is 0. The number of hydrogen-bond donors (Lipinski definition) is 0. The molecule has 0 aromatic heterocycles. The van der Waals surface area contributed by atoms with Gasteiger partial charge in [0.1, 0.15) is 17.9 Å². The van der Waals surface area contributed by atoms with Crippen LogP contribution < -0.4 is 0 Å². The predicted molar refractivity (Wildman–Crippen MR) is 108 cm³/mol. The normalized spacial score (nSPS) is 38.5. The molecule has 0 aromatic rings. The van der Waals surface area contributed by atoms with Crippen LogP contribution in [-0.2, 0) is 14.3 Å². The van der Waals surface area contributed by atoms with Crippen LogP contribution in [0.4, 0.5) is 43.9 Å². The molecule has 4 rings (SSSR count). The second-order valence-corrected chi connectivity index (χ2v) is 10.7. The van der Waals surface area contributed by atoms with Gasteiger partial charge in [0.05, 0.1) is 0 Å². The summed E-state index contributed by atoms with van der Waals surface area (Å²) in [6, 6.07) is 0. The second kappa shape index (κ2) is 9.80. The molecule has 9 atom stereocenters. The highest BCUT2D eigenvalue weighted by atomic mass is 19.3. The molecule has 0 aromatic carbocycles. The van der Waals surface area contributed by atoms with Gasteiger partial charge in [-0.1, -0.05) is 0 Å². The van der Waals surface area contributed by atoms with E-state index in [1.165, 1.54) is 0 Å². The monoisotopic (exact) mass is 544 g/mol. The number of carbonyl (C=O) groups excluding carboxylic acids is 1. The first-order chi connectivity index (χ1) is 16.5. The molecular formula is C23H30F10O3. The largest absolute Gasteiger partial charge is 0.455 e. The van der Waals surface area contributed by atoms with Crippen molar-refractivity contribution in [3.05, 3.63) is 0 Å². The Bertz CT molecular complexity index is 789. The number of methoxy groups -OCH3 is 1. The molecule has 0 N–H and O–H groups in total. The van der Waals surface area contributed by atoms with Gasteiger partial charge < -0.3 is 9.47 Å². The van der Waals surface area contributed by atoms with Gasteiger partial charge in [-0.25, -0.2) is 39.9 Å². The van der Waals surface area contributed by atoms with Crippen molar-refractivity contribution in [1.82, 2.24) is 0 Å². The van der Waals surface area contributed by atoms with Crippen LogP contribution in [0, 0.1) is 17.8 Å². The van der Waals surface area contributed by atoms with Gasteiger partial charge in [0, 0.05) is 14.0 Å². The summed E-state index contributed by atoms with van der Waals surface area (Å²) in [6.45, 7) is -1.09. The third-order valence-electron chi connectivity index (χ3n) is 8.32. The Morgan fingerprint density at radius 2 is 1.39 bits per heavy atom. The van der Waals surface area contributed by atoms with Gasteiger partial charge in [0.25, 0.3) is 0 Å². The van der Waals surface area contributed by atoms with Crippen LogP contribution >= 0.6 is 0 Å². The molecule has 0 aliphatic heterocycles. The molecule has 36 heavy (non-hydrogen) atoms. The van der Waals surface area contributed by atoms with Crippen LogP contribution in [0.1, 0.15) is 46.0 Å². The number of ether oxygens (including phenoxy) is 2. The van der Waals surface area contributed by atoms with E-state index in [4.69, 9.17) is 9.47 Å². The summed E-state index contributed by atoms with van der Waals surface area (Å²) in [5.74, 6) is -7.74. The third kappa shape index (κ3) is 4.59. The van der Waals surface area contributed by atoms with Gasteiger partial charge in [0.2, 0.25) is 0 Å². The van der Waals surface area contributed by atoms with Crippen molar-refractivity contribution in [3.8, 4) is 0 Å². The lowest BCUT2D eigenvalue weighted by Gasteiger charge is -2.66. The molecule has 4 bridgehead atoms. The van der Waals surface area contributed by atoms with Crippen molar-refractivity contribution in [3.63, 3.8) is 0 Å². The van der Waals surface area contributed by atoms with Crippen molar-refractivity contribution in [2.24, 2.45) is 17.8 Å². The molecule has 0 saturated heterocycles. The highest BCUT2D eigenvalue weighted by Gasteiger charge is 2.73. The summed E-state index contributed by atoms with van der Waals surface area (Å²) < 4.78 is 151. The number of halogens is 10. The van der Waals surface area contributed by atoms with Crippen LogP contribution in [0.25, 0.3) is 0 Å². The minimum Gasteiger partial charge on any atom is -0.455 e. The van der Waals surface area contributed by atoms with Gasteiger partial charge in [-0.3, -0.25) is 0 Å². The number of alkyl halides is 10. The molecule has 4 aliphatic rings. The van der Waals surface area contributed by atoms with Crippen LogP contribution in [0.2, 0.25) is 0 Å². The maximum absolute atomic E-state index is 16.3. The first-order valence-corrected chi connectivity index (χ1v) is 11.7. The number of carbonyl (C=O) groups is 1. The van der Waals surface area contributed by atoms with E-state index < -0.39 is 84.3 Å². The van der Waals surface area contributed by atoms with E-state index in [2.05, 4.69) is 0 Å². The zero-order valence-corrected chi connectivity index (χ0v) is 19.9. The molecule has 0 heterocycles. The average molecular weight is 544 g/mol. The quantitative estimate of drug-likeness (QED) is 0.241. The average Bonchev–Trinajstić information content (AvgIpc) is 2.79. The Morgan fingerprint density at radius 3 is 1.83 bits per heavy atom. The molecule has 4 fully saturated rings. The number of hydrogen-bond acceptors (Lipinski definition) is 3. The van der Waals surface area contributed by atoms with Crippen LogP contribution in [-0.4, -0.2) is 79.6 Å². The summed E-state index contributed by atoms with van der Waals surface area (Å²) in [5, 5.41) is 0. The van der Waals surface area contributed by atoms with E-state index >= 15 is 8.78 Å². The Balaban J connectivity index is 1.87. The summed E-state index contributed by atoms with van der Waals surface area (Å²) in [4.78, 5) is 11.9. The third-order valence-corrected chi connectivity index (χ3v) is 8.32. The van der Waals surface area contributed by atoms with E-state index in [1.807, 2.05) is 0 Å². The highest BCUT2D eigenvalue weighted by Crippen LogP contribution is 2.66. The lowest BCUT2D eigenvalue weighted by atomic mass is 9.44. The lowest BCUT2D eigenvalue weighted by Crippen LogP contribution is -2.74. The summed E-state index contributed by atoms with van der Waals surface area (Å²) in [6.07, 6.45) is -20.7. The fourth-order valence-electron chi connectivity index (χ4n) is 6.95. The van der Waals surface area contributed by atoms with Gasteiger partial charge in [-0.15, -0.1) is 0 Å². The van der Waals surface area contributed by atoms with Gasteiger partial charge in [0.15, 0.2) is 42.7 Å². The summed E-state index contributed by atoms with van der Waals surface area (Å²) in [5.41, 5.74) is -6.89. The maximum atomic E-state index is 16.3. The zero-order valence-electron chi connectivity index (χ0n) is 19.9. The molecule has 0 spiro atoms. The van der Waals surface area contributed by atoms with Crippen molar-refractivity contribution < 1.29 is 58.2 Å². The van der Waals surface area contributed by atoms with Crippen LogP contribution in [0.15, 0.2) is 0 Å². The first-order valence-electron chi connectivity index (χ1n) is 11.7. The van der Waals surface area contributed by atoms with Crippen molar-refractivity contribution in [1.29, 1.82) is 0 Å². The highest BCUT2D eigenvalue weighted by molar-refractivity contribution is 5.77. The molecule has 0 amide bonds. The Hall–Kier alpha value is -1.27. The van der Waals surface area contributed by atoms with Crippen molar-refractivity contribution in [2.45, 2.75) is 106 Å². The summed E-state index contributed by atoms with van der Waals surface area (Å²) in [7, 11) is 1.01. The van der Waals surface area contributed by atoms with Gasteiger partial charge in [-0.2, -0.15) is 8.78 Å². The standard InChI is InChI=1S/C23H30F10O3/c1-20(31,18(30)17(29)16(28)15(27)14(26)13(25)9-24)23(35-3)11-4-10-5-12(23)8-22(6-10,7-11)36-19(34)21(2,32)33/h10-18H,4-9H2,1-3H3. The minimum absolute atomic E-state index is 0.187. The topological polar surface area (TPSA) is 35.5 Å². The maximum Gasteiger partial charge on any atom is 0.377 e. The molecule has 210 valence electrons. The molecule has 0 radical (unpaired) electrons. The zero-order chi connectivity index (χ0) is 27.4. The first kappa shape index (κ1) is 29.3. The molecule has 13 heteroatoms. The fraction of sp³-hybridized carbons (Fsp3) is 0.957. The van der Waals surface area contributed by atoms with E-state index in [0.717, 1.165) is 7.11 Å². The van der Waals surface area contributed by atoms with E-state index in [9.17, 15) is 39.9 Å². The molecule has 3 nitrogen and oxygen atoms in total. The van der Waals surface area contributed by atoms with Gasteiger partial charge >= 0.3 is 11.9 Å². The van der Waals surface area contributed by atoms with Crippen LogP contribution in [0.5, 0.6) is 0 Å². The van der Waals surface area contributed by atoms with Crippen LogP contribution in [0.3, 0.4) is 0 Å². The Kier molecular flexibility index (Phi) is 7.97. The van der Waals surface area contributed by atoms with E-state index in [0.29, 0.717) is 13.8 Å². The number of rotatable bonds is 11. The predicted octanol–water partition coefficient (Wildman–Crippen LogP) is 5.88. The SMILES string of the molecule is COC1(C(C)(F)C(F)C(F)C(F)C(F)C(F)C(F)CF)C2CC3CC1CC(OC(=O)C(C)(F)F)(C3)C2.